The Labute approximate surface area is 83.2 Å². The van der Waals surface area contributed by atoms with Crippen molar-refractivity contribution < 1.29 is 8.42 Å². The van der Waals surface area contributed by atoms with Gasteiger partial charge in [0.15, 0.2) is 0 Å². The number of sulfonamides is 1. The first-order valence-corrected chi connectivity index (χ1v) is 5.94. The smallest absolute Gasteiger partial charge is 0.238 e. The number of benzene rings is 1. The van der Waals surface area contributed by atoms with E-state index in [4.69, 9.17) is 5.14 Å². The Balaban J connectivity index is 2.48. The quantitative estimate of drug-likeness (QED) is 0.719. The van der Waals surface area contributed by atoms with Gasteiger partial charge in [0.25, 0.3) is 0 Å². The first kappa shape index (κ1) is 9.48. The highest BCUT2D eigenvalue weighted by Crippen LogP contribution is 2.27. The summed E-state index contributed by atoms with van der Waals surface area (Å²) in [6.07, 6.45) is 0.846. The molecule has 3 N–H and O–H groups in total. The molecule has 1 atom stereocenters. The van der Waals surface area contributed by atoms with Crippen molar-refractivity contribution in [2.75, 3.05) is 5.32 Å². The van der Waals surface area contributed by atoms with Crippen LogP contribution in [0.3, 0.4) is 0 Å². The highest BCUT2D eigenvalue weighted by atomic mass is 32.2. The third-order valence-corrected chi connectivity index (χ3v) is 3.24. The lowest BCUT2D eigenvalue weighted by Crippen LogP contribution is -2.12. The molecule has 1 heterocycles. The molecule has 0 spiro atoms. The predicted molar refractivity (Wildman–Crippen MR) is 54.6 cm³/mol. The molecule has 0 unspecified atom stereocenters. The van der Waals surface area contributed by atoms with Gasteiger partial charge in [0.05, 0.1) is 4.90 Å². The molecular formula is C9H12N2O2S. The number of rotatable bonds is 1. The van der Waals surface area contributed by atoms with Crippen LogP contribution in [0.15, 0.2) is 23.1 Å². The normalized spacial score (nSPS) is 20.3. The Morgan fingerprint density at radius 2 is 2.21 bits per heavy atom. The second-order valence-electron chi connectivity index (χ2n) is 3.61. The Bertz CT molecular complexity index is 468. The number of nitrogens with two attached hydrogens (primary N) is 1. The van der Waals surface area contributed by atoms with Crippen molar-refractivity contribution in [3.05, 3.63) is 23.8 Å². The van der Waals surface area contributed by atoms with Crippen molar-refractivity contribution in [3.63, 3.8) is 0 Å². The summed E-state index contributed by atoms with van der Waals surface area (Å²) < 4.78 is 22.1. The minimum absolute atomic E-state index is 0.187. The van der Waals surface area contributed by atoms with E-state index in [1.165, 1.54) is 6.07 Å². The molecule has 14 heavy (non-hydrogen) atoms. The van der Waals surface area contributed by atoms with Crippen LogP contribution < -0.4 is 10.5 Å². The van der Waals surface area contributed by atoms with E-state index in [1.54, 1.807) is 12.1 Å². The summed E-state index contributed by atoms with van der Waals surface area (Å²) in [5.41, 5.74) is 2.02. The molecule has 0 radical (unpaired) electrons. The maximum absolute atomic E-state index is 11.1. The summed E-state index contributed by atoms with van der Waals surface area (Å²) in [6, 6.07) is 5.29. The van der Waals surface area contributed by atoms with Crippen molar-refractivity contribution in [1.29, 1.82) is 0 Å². The standard InChI is InChI=1S/C9H12N2O2S/c1-6-4-7-5-8(14(10,12)13)2-3-9(7)11-6/h2-3,5-6,11H,4H2,1H3,(H2,10,12,13)/t6-/m0/s1. The highest BCUT2D eigenvalue weighted by Gasteiger charge is 2.18. The fourth-order valence-corrected chi connectivity index (χ4v) is 2.27. The fraction of sp³-hybridized carbons (Fsp3) is 0.333. The van der Waals surface area contributed by atoms with Gasteiger partial charge in [0.1, 0.15) is 0 Å². The van der Waals surface area contributed by atoms with Crippen LogP contribution in [0, 0.1) is 0 Å². The van der Waals surface area contributed by atoms with Crippen molar-refractivity contribution >= 4 is 15.7 Å². The minimum atomic E-state index is -3.57. The van der Waals surface area contributed by atoms with E-state index in [-0.39, 0.29) is 4.90 Å². The average Bonchev–Trinajstić information content (AvgIpc) is 2.41. The lowest BCUT2D eigenvalue weighted by molar-refractivity contribution is 0.597. The molecule has 76 valence electrons. The van der Waals surface area contributed by atoms with Crippen LogP contribution in [-0.2, 0) is 16.4 Å². The maximum Gasteiger partial charge on any atom is 0.238 e. The van der Waals surface area contributed by atoms with Gasteiger partial charge in [-0.05, 0) is 37.1 Å². The van der Waals surface area contributed by atoms with Gasteiger partial charge < -0.3 is 5.32 Å². The van der Waals surface area contributed by atoms with Crippen LogP contribution in [0.25, 0.3) is 0 Å². The van der Waals surface area contributed by atoms with Gasteiger partial charge in [-0.3, -0.25) is 0 Å². The van der Waals surface area contributed by atoms with Gasteiger partial charge in [-0.15, -0.1) is 0 Å². The van der Waals surface area contributed by atoms with Gasteiger partial charge in [0.2, 0.25) is 10.0 Å². The van der Waals surface area contributed by atoms with Crippen molar-refractivity contribution in [3.8, 4) is 0 Å². The van der Waals surface area contributed by atoms with Crippen molar-refractivity contribution in [2.24, 2.45) is 5.14 Å². The molecular weight excluding hydrogens is 200 g/mol. The lowest BCUT2D eigenvalue weighted by atomic mass is 10.1. The van der Waals surface area contributed by atoms with Crippen LogP contribution in [0.5, 0.6) is 0 Å². The molecule has 2 rings (SSSR count). The average molecular weight is 212 g/mol. The Hall–Kier alpha value is -1.07. The zero-order valence-electron chi connectivity index (χ0n) is 7.82. The molecule has 5 heteroatoms. The van der Waals surface area contributed by atoms with Crippen LogP contribution in [0.4, 0.5) is 5.69 Å². The molecule has 0 bridgehead atoms. The maximum atomic E-state index is 11.1. The van der Waals surface area contributed by atoms with E-state index < -0.39 is 10.0 Å². The zero-order valence-corrected chi connectivity index (χ0v) is 8.64. The van der Waals surface area contributed by atoms with E-state index in [0.717, 1.165) is 17.7 Å². The number of primary sulfonamides is 1. The second kappa shape index (κ2) is 2.96. The first-order valence-electron chi connectivity index (χ1n) is 4.39. The summed E-state index contributed by atoms with van der Waals surface area (Å²) in [4.78, 5) is 0.187. The van der Waals surface area contributed by atoms with Gasteiger partial charge in [-0.1, -0.05) is 0 Å². The van der Waals surface area contributed by atoms with E-state index in [9.17, 15) is 8.42 Å². The Kier molecular flexibility index (Phi) is 2.01. The number of fused-ring (bicyclic) bond motifs is 1. The number of hydrogen-bond acceptors (Lipinski definition) is 3. The third-order valence-electron chi connectivity index (χ3n) is 2.33. The number of anilines is 1. The molecule has 1 aliphatic heterocycles. The Morgan fingerprint density at radius 3 is 2.86 bits per heavy atom. The second-order valence-corrected chi connectivity index (χ2v) is 5.17. The third kappa shape index (κ3) is 1.60. The van der Waals surface area contributed by atoms with Gasteiger partial charge in [-0.2, -0.15) is 0 Å². The van der Waals surface area contributed by atoms with E-state index >= 15 is 0 Å². The van der Waals surface area contributed by atoms with Crippen molar-refractivity contribution in [1.82, 2.24) is 0 Å². The fourth-order valence-electron chi connectivity index (χ4n) is 1.70. The van der Waals surface area contributed by atoms with E-state index in [1.807, 2.05) is 0 Å². The molecule has 4 nitrogen and oxygen atoms in total. The molecule has 0 saturated heterocycles. The van der Waals surface area contributed by atoms with Gasteiger partial charge in [-0.25, -0.2) is 13.6 Å². The molecule has 1 aliphatic rings. The summed E-state index contributed by atoms with van der Waals surface area (Å²) in [7, 11) is -3.57. The molecule has 0 aliphatic carbocycles. The largest absolute Gasteiger partial charge is 0.382 e. The zero-order chi connectivity index (χ0) is 10.3. The molecule has 0 amide bonds. The lowest BCUT2D eigenvalue weighted by Gasteiger charge is -2.02. The highest BCUT2D eigenvalue weighted by molar-refractivity contribution is 7.89. The van der Waals surface area contributed by atoms with Crippen LogP contribution in [0.1, 0.15) is 12.5 Å². The van der Waals surface area contributed by atoms with E-state index in [0.29, 0.717) is 6.04 Å². The van der Waals surface area contributed by atoms with Gasteiger partial charge >= 0.3 is 0 Å². The van der Waals surface area contributed by atoms with E-state index in [2.05, 4.69) is 12.2 Å². The topological polar surface area (TPSA) is 72.2 Å². The van der Waals surface area contributed by atoms with Crippen LogP contribution >= 0.6 is 0 Å². The molecule has 1 aromatic carbocycles. The SMILES string of the molecule is C[C@H]1Cc2cc(S(N)(=O)=O)ccc2N1. The molecule has 1 aromatic rings. The summed E-state index contributed by atoms with van der Waals surface area (Å²) in [5.74, 6) is 0. The van der Waals surface area contributed by atoms with Gasteiger partial charge in [0, 0.05) is 11.7 Å². The molecule has 0 fully saturated rings. The molecule has 0 saturated carbocycles. The van der Waals surface area contributed by atoms with Crippen molar-refractivity contribution in [2.45, 2.75) is 24.3 Å². The summed E-state index contributed by atoms with van der Waals surface area (Å²) >= 11 is 0. The Morgan fingerprint density at radius 1 is 1.50 bits per heavy atom. The number of nitrogens with one attached hydrogen (secondary N) is 1. The number of hydrogen-bond donors (Lipinski definition) is 2. The summed E-state index contributed by atoms with van der Waals surface area (Å²) in [6.45, 7) is 2.05. The first-order chi connectivity index (χ1) is 6.47. The van der Waals surface area contributed by atoms with Crippen LogP contribution in [-0.4, -0.2) is 14.5 Å². The monoisotopic (exact) mass is 212 g/mol. The minimum Gasteiger partial charge on any atom is -0.382 e. The summed E-state index contributed by atoms with van der Waals surface area (Å²) in [5, 5.41) is 8.28. The predicted octanol–water partition coefficient (Wildman–Crippen LogP) is 0.691. The van der Waals surface area contributed by atoms with Crippen LogP contribution in [0.2, 0.25) is 0 Å². The molecule has 0 aromatic heterocycles.